The predicted molar refractivity (Wildman–Crippen MR) is 90.0 cm³/mol. The van der Waals surface area contributed by atoms with Crippen LogP contribution in [-0.4, -0.2) is 18.3 Å². The van der Waals surface area contributed by atoms with Crippen LogP contribution in [-0.2, 0) is 9.53 Å². The van der Waals surface area contributed by atoms with Crippen LogP contribution in [0.4, 0.5) is 0 Å². The first-order chi connectivity index (χ1) is 10.5. The maximum Gasteiger partial charge on any atom is 1.00 e. The molecule has 0 spiro atoms. The monoisotopic (exact) mass is 356 g/mol. The van der Waals surface area contributed by atoms with Crippen LogP contribution in [0.5, 0.6) is 0 Å². The van der Waals surface area contributed by atoms with E-state index >= 15 is 0 Å². The molecule has 3 nitrogen and oxygen atoms in total. The maximum absolute atomic E-state index is 11.2. The Labute approximate surface area is 186 Å². The second kappa shape index (κ2) is 12.1. The van der Waals surface area contributed by atoms with Gasteiger partial charge in [0.25, 0.3) is 5.97 Å². The summed E-state index contributed by atoms with van der Waals surface area (Å²) in [6.07, 6.45) is 5.16. The van der Waals surface area contributed by atoms with Crippen LogP contribution in [0, 0.1) is 18.4 Å². The first-order valence-corrected chi connectivity index (χ1v) is 7.42. The molecule has 0 aliphatic heterocycles. The Morgan fingerprint density at radius 3 is 2.52 bits per heavy atom. The van der Waals surface area contributed by atoms with E-state index in [-0.39, 0.29) is 57.1 Å². The molecule has 1 aliphatic carbocycles. The van der Waals surface area contributed by atoms with E-state index in [4.69, 9.17) is 21.7 Å². The normalized spacial score (nSPS) is 13.0. The van der Waals surface area contributed by atoms with Gasteiger partial charge >= 0.3 is 51.4 Å². The first-order valence-electron chi connectivity index (χ1n) is 7.04. The summed E-state index contributed by atoms with van der Waals surface area (Å²) in [4.78, 5) is 11.2. The molecule has 1 aromatic rings. The van der Waals surface area contributed by atoms with E-state index in [1.54, 1.807) is 6.92 Å². The minimum Gasteiger partial charge on any atom is -0.475 e. The van der Waals surface area contributed by atoms with E-state index in [2.05, 4.69) is 19.6 Å². The number of hydrogen-bond acceptors (Lipinski definition) is 3. The first kappa shape index (κ1) is 22.6. The third-order valence-electron chi connectivity index (χ3n) is 3.02. The fraction of sp³-hybridized carbons (Fsp3) is 0.278. The van der Waals surface area contributed by atoms with Gasteiger partial charge in [-0.1, -0.05) is 29.5 Å². The van der Waals surface area contributed by atoms with E-state index < -0.39 is 5.97 Å². The molecule has 1 aromatic carbocycles. The van der Waals surface area contributed by atoms with Gasteiger partial charge in [-0.15, -0.1) is 18.7 Å². The Hall–Kier alpha value is -0.364. The summed E-state index contributed by atoms with van der Waals surface area (Å²) >= 11 is 5.65. The van der Waals surface area contributed by atoms with Gasteiger partial charge in [-0.3, -0.25) is 10.9 Å². The number of nitrogens with one attached hydrogen (secondary N) is 1. The number of carbonyl (C=O) groups is 1. The molecule has 0 saturated carbocycles. The number of esters is 1. The number of hydrogen-bond donors (Lipinski definition) is 1. The number of halogens is 1. The topological polar surface area (TPSA) is 50.2 Å². The van der Waals surface area contributed by atoms with Crippen molar-refractivity contribution >= 4 is 23.3 Å². The van der Waals surface area contributed by atoms with Crippen LogP contribution in [0.2, 0.25) is 5.02 Å². The van der Waals surface area contributed by atoms with Gasteiger partial charge in [0.05, 0.1) is 6.61 Å². The molecule has 0 saturated heterocycles. The molecule has 0 heterocycles. The fourth-order valence-electron chi connectivity index (χ4n) is 1.75. The average Bonchev–Trinajstić information content (AvgIpc) is 2.51. The standard InChI is InChI=1S/C11H14NO2.C7H6Cl.K/c1-3-14-11(13)10(12)9-6-4-8(2)5-7-9;1-6-4-2-3-5-7(6)8;/h12H,2-6H2,1H3;2-5H,1H2;/q2*-1;+1. The molecule has 0 amide bonds. The zero-order chi connectivity index (χ0) is 16.5. The van der Waals surface area contributed by atoms with E-state index in [0.29, 0.717) is 25.0 Å². The van der Waals surface area contributed by atoms with Crippen LogP contribution in [0.1, 0.15) is 31.7 Å². The Morgan fingerprint density at radius 2 is 2.09 bits per heavy atom. The van der Waals surface area contributed by atoms with Crippen LogP contribution >= 0.6 is 11.6 Å². The molecule has 0 bridgehead atoms. The minimum atomic E-state index is -0.553. The maximum atomic E-state index is 11.2. The van der Waals surface area contributed by atoms with Crippen molar-refractivity contribution < 1.29 is 60.9 Å². The Morgan fingerprint density at radius 1 is 1.43 bits per heavy atom. The van der Waals surface area contributed by atoms with E-state index in [1.165, 1.54) is 0 Å². The van der Waals surface area contributed by atoms with Crippen molar-refractivity contribution in [3.63, 3.8) is 0 Å². The summed E-state index contributed by atoms with van der Waals surface area (Å²) < 4.78 is 4.74. The largest absolute Gasteiger partial charge is 1.00 e. The quantitative estimate of drug-likeness (QED) is 0.294. The molecule has 0 radical (unpaired) electrons. The summed E-state index contributed by atoms with van der Waals surface area (Å²) in [6, 6.07) is 7.50. The third kappa shape index (κ3) is 8.34. The minimum absolute atomic E-state index is 0. The zero-order valence-corrected chi connectivity index (χ0v) is 17.6. The van der Waals surface area contributed by atoms with Crippen molar-refractivity contribution in [2.75, 3.05) is 6.61 Å². The van der Waals surface area contributed by atoms with Crippen molar-refractivity contribution in [2.24, 2.45) is 0 Å². The van der Waals surface area contributed by atoms with Gasteiger partial charge in [-0.05, 0) is 19.1 Å². The summed E-state index contributed by atoms with van der Waals surface area (Å²) in [6.45, 7) is 9.55. The molecule has 1 N–H and O–H groups in total. The summed E-state index contributed by atoms with van der Waals surface area (Å²) in [5.41, 5.74) is 2.59. The molecule has 2 rings (SSSR count). The number of ether oxygens (including phenoxy) is 1. The van der Waals surface area contributed by atoms with Gasteiger partial charge in [-0.25, -0.2) is 0 Å². The predicted octanol–water partition coefficient (Wildman–Crippen LogP) is 1.57. The second-order valence-corrected chi connectivity index (χ2v) is 5.18. The summed E-state index contributed by atoms with van der Waals surface area (Å²) in [5, 5.41) is 8.28. The van der Waals surface area contributed by atoms with Gasteiger partial charge in [0, 0.05) is 0 Å². The van der Waals surface area contributed by atoms with Crippen molar-refractivity contribution in [2.45, 2.75) is 26.2 Å². The molecule has 5 heteroatoms. The smallest absolute Gasteiger partial charge is 0.475 e. The average molecular weight is 357 g/mol. The van der Waals surface area contributed by atoms with Crippen LogP contribution in [0.15, 0.2) is 42.0 Å². The van der Waals surface area contributed by atoms with Gasteiger partial charge in [0.15, 0.2) is 0 Å². The molecule has 0 atom stereocenters. The van der Waals surface area contributed by atoms with Gasteiger partial charge in [-0.2, -0.15) is 35.7 Å². The van der Waals surface area contributed by atoms with Gasteiger partial charge in [0.2, 0.25) is 0 Å². The van der Waals surface area contributed by atoms with Crippen molar-refractivity contribution in [1.29, 1.82) is 5.41 Å². The van der Waals surface area contributed by atoms with Crippen LogP contribution < -0.4 is 51.4 Å². The van der Waals surface area contributed by atoms with Crippen molar-refractivity contribution in [1.82, 2.24) is 0 Å². The molecular formula is C18H20ClKNO2-. The number of allylic oxidation sites excluding steroid dienone is 2. The van der Waals surface area contributed by atoms with Crippen LogP contribution in [0.25, 0.3) is 0 Å². The SMILES string of the molecule is C=C1C[C-]=C(C(=N)C(=O)OCC)CC1.[CH2-]c1ccccc1Cl.[K+]. The van der Waals surface area contributed by atoms with Crippen molar-refractivity contribution in [3.8, 4) is 0 Å². The van der Waals surface area contributed by atoms with E-state index in [1.807, 2.05) is 24.3 Å². The molecule has 118 valence electrons. The van der Waals surface area contributed by atoms with Gasteiger partial charge in [0.1, 0.15) is 0 Å². The summed E-state index contributed by atoms with van der Waals surface area (Å²) in [7, 11) is 0. The summed E-state index contributed by atoms with van der Waals surface area (Å²) in [5.74, 6) is -0.553. The van der Waals surface area contributed by atoms with Crippen molar-refractivity contribution in [3.05, 3.63) is 65.6 Å². The van der Waals surface area contributed by atoms with E-state index in [0.717, 1.165) is 22.6 Å². The molecular weight excluding hydrogens is 337 g/mol. The Balaban J connectivity index is 0.000000460. The number of carbonyl (C=O) groups excluding carboxylic acids is 1. The third-order valence-corrected chi connectivity index (χ3v) is 3.39. The fourth-order valence-corrected chi connectivity index (χ4v) is 1.88. The second-order valence-electron chi connectivity index (χ2n) is 4.77. The molecule has 0 aromatic heterocycles. The molecule has 1 aliphatic rings. The molecule has 0 fully saturated rings. The van der Waals surface area contributed by atoms with Gasteiger partial charge < -0.3 is 10.1 Å². The number of benzene rings is 1. The zero-order valence-electron chi connectivity index (χ0n) is 13.7. The number of rotatable bonds is 3. The Kier molecular flexibility index (Phi) is 11.9. The molecule has 0 unspecified atom stereocenters. The van der Waals surface area contributed by atoms with Crippen LogP contribution in [0.3, 0.4) is 0 Å². The van der Waals surface area contributed by atoms with E-state index in [9.17, 15) is 4.79 Å². The Bertz CT molecular complexity index is 575. The molecule has 23 heavy (non-hydrogen) atoms.